The molecule has 0 fully saturated rings. The average molecular weight is 417 g/mol. The van der Waals surface area contributed by atoms with Crippen molar-refractivity contribution >= 4 is 28.6 Å². The summed E-state index contributed by atoms with van der Waals surface area (Å²) in [5, 5.41) is 2.56. The quantitative estimate of drug-likeness (QED) is 0.499. The molecule has 2 aromatic heterocycles. The van der Waals surface area contributed by atoms with E-state index in [0.717, 1.165) is 0 Å². The predicted molar refractivity (Wildman–Crippen MR) is 114 cm³/mol. The Kier molecular flexibility index (Phi) is 5.31. The molecule has 0 aliphatic carbocycles. The van der Waals surface area contributed by atoms with Gasteiger partial charge in [-0.3, -0.25) is 24.2 Å². The number of carbonyl (C=O) groups is 2. The van der Waals surface area contributed by atoms with Crippen LogP contribution in [0.5, 0.6) is 0 Å². The molecule has 0 unspecified atom stereocenters. The molecule has 0 atom stereocenters. The molecule has 9 nitrogen and oxygen atoms in total. The number of nitrogens with one attached hydrogen (secondary N) is 1. The monoisotopic (exact) mass is 417 g/mol. The van der Waals surface area contributed by atoms with E-state index in [1.54, 1.807) is 49.0 Å². The first kappa shape index (κ1) is 20.0. The lowest BCUT2D eigenvalue weighted by atomic mass is 10.2. The van der Waals surface area contributed by atoms with E-state index in [1.807, 2.05) is 18.2 Å². The van der Waals surface area contributed by atoms with Crippen molar-refractivity contribution in [2.24, 2.45) is 7.05 Å². The van der Waals surface area contributed by atoms with Crippen LogP contribution in [0, 0.1) is 6.92 Å². The molecule has 0 aliphatic heterocycles. The molecular weight excluding hydrogens is 398 g/mol. The van der Waals surface area contributed by atoms with E-state index in [4.69, 9.17) is 4.74 Å². The van der Waals surface area contributed by atoms with Crippen LogP contribution in [0.2, 0.25) is 0 Å². The van der Waals surface area contributed by atoms with Gasteiger partial charge in [-0.1, -0.05) is 24.3 Å². The van der Waals surface area contributed by atoms with Gasteiger partial charge >= 0.3 is 5.97 Å². The van der Waals surface area contributed by atoms with Crippen LogP contribution in [-0.2, 0) is 16.6 Å². The molecule has 0 aliphatic rings. The number of anilines is 1. The molecule has 31 heavy (non-hydrogen) atoms. The van der Waals surface area contributed by atoms with Crippen LogP contribution in [0.15, 0.2) is 65.7 Å². The zero-order valence-corrected chi connectivity index (χ0v) is 16.9. The number of benzene rings is 2. The zero-order chi connectivity index (χ0) is 22.0. The minimum atomic E-state index is -0.701. The SMILES string of the molecule is Cc1c(NC(=O)COC(=O)c2cccc3nccnc23)c(=O)n(-c2ccccc2)n1C. The summed E-state index contributed by atoms with van der Waals surface area (Å²) in [6.45, 7) is 1.17. The number of rotatable bonds is 5. The normalized spacial score (nSPS) is 10.8. The lowest BCUT2D eigenvalue weighted by Crippen LogP contribution is -2.26. The number of carbonyl (C=O) groups excluding carboxylic acids is 2. The Morgan fingerprint density at radius 1 is 1.03 bits per heavy atom. The van der Waals surface area contributed by atoms with Crippen molar-refractivity contribution in [3.05, 3.63) is 82.5 Å². The second-order valence-electron chi connectivity index (χ2n) is 6.79. The fraction of sp³-hybridized carbons (Fsp3) is 0.136. The topological polar surface area (TPSA) is 108 Å². The molecule has 1 amide bonds. The van der Waals surface area contributed by atoms with Gasteiger partial charge in [-0.05, 0) is 31.2 Å². The highest BCUT2D eigenvalue weighted by Crippen LogP contribution is 2.16. The fourth-order valence-corrected chi connectivity index (χ4v) is 3.25. The van der Waals surface area contributed by atoms with E-state index in [1.165, 1.54) is 17.1 Å². The number of esters is 1. The predicted octanol–water partition coefficient (Wildman–Crippen LogP) is 2.22. The highest BCUT2D eigenvalue weighted by molar-refractivity contribution is 6.02. The van der Waals surface area contributed by atoms with Gasteiger partial charge in [0, 0.05) is 19.4 Å². The van der Waals surface area contributed by atoms with Crippen LogP contribution >= 0.6 is 0 Å². The highest BCUT2D eigenvalue weighted by atomic mass is 16.5. The summed E-state index contributed by atoms with van der Waals surface area (Å²) in [6, 6.07) is 14.0. The van der Waals surface area contributed by atoms with Crippen molar-refractivity contribution in [3.63, 3.8) is 0 Å². The molecule has 0 radical (unpaired) electrons. The van der Waals surface area contributed by atoms with Crippen LogP contribution in [-0.4, -0.2) is 37.8 Å². The second-order valence-corrected chi connectivity index (χ2v) is 6.79. The standard InChI is InChI=1S/C22H19N5O4/c1-14-19(21(29)27(26(14)2)15-7-4-3-5-8-15)25-18(28)13-31-22(30)16-9-6-10-17-20(16)24-12-11-23-17/h3-12H,13H2,1-2H3,(H,25,28). The number of fused-ring (bicyclic) bond motifs is 1. The lowest BCUT2D eigenvalue weighted by Gasteiger charge is -2.07. The lowest BCUT2D eigenvalue weighted by molar-refractivity contribution is -0.119. The summed E-state index contributed by atoms with van der Waals surface area (Å²) in [5.74, 6) is -1.32. The second kappa shape index (κ2) is 8.23. The van der Waals surface area contributed by atoms with Gasteiger partial charge in [0.05, 0.1) is 22.5 Å². The van der Waals surface area contributed by atoms with Crippen molar-refractivity contribution in [1.82, 2.24) is 19.3 Å². The molecule has 0 saturated carbocycles. The minimum absolute atomic E-state index is 0.128. The number of nitrogens with zero attached hydrogens (tertiary/aromatic N) is 4. The molecule has 0 saturated heterocycles. The van der Waals surface area contributed by atoms with Gasteiger partial charge in [-0.15, -0.1) is 0 Å². The Morgan fingerprint density at radius 3 is 2.55 bits per heavy atom. The Bertz CT molecular complexity index is 1340. The van der Waals surface area contributed by atoms with Crippen LogP contribution in [0.4, 0.5) is 5.69 Å². The van der Waals surface area contributed by atoms with E-state index in [2.05, 4.69) is 15.3 Å². The minimum Gasteiger partial charge on any atom is -0.452 e. The van der Waals surface area contributed by atoms with Gasteiger partial charge < -0.3 is 10.1 Å². The van der Waals surface area contributed by atoms with Crippen LogP contribution in [0.25, 0.3) is 16.7 Å². The van der Waals surface area contributed by atoms with Crippen LogP contribution in [0.3, 0.4) is 0 Å². The van der Waals surface area contributed by atoms with Gasteiger partial charge in [0.25, 0.3) is 11.5 Å². The first-order valence-corrected chi connectivity index (χ1v) is 9.48. The smallest absolute Gasteiger partial charge is 0.340 e. The summed E-state index contributed by atoms with van der Waals surface area (Å²) in [7, 11) is 1.72. The van der Waals surface area contributed by atoms with E-state index < -0.39 is 18.5 Å². The maximum absolute atomic E-state index is 12.9. The van der Waals surface area contributed by atoms with Gasteiger partial charge in [0.15, 0.2) is 6.61 Å². The van der Waals surface area contributed by atoms with Crippen molar-refractivity contribution in [1.29, 1.82) is 0 Å². The molecule has 2 aromatic carbocycles. The third-order valence-corrected chi connectivity index (χ3v) is 4.87. The molecule has 0 bridgehead atoms. The van der Waals surface area contributed by atoms with E-state index in [9.17, 15) is 14.4 Å². The summed E-state index contributed by atoms with van der Waals surface area (Å²) in [6.07, 6.45) is 3.00. The number of aromatic nitrogens is 4. The van der Waals surface area contributed by atoms with Crippen molar-refractivity contribution in [2.75, 3.05) is 11.9 Å². The molecule has 4 rings (SSSR count). The molecule has 1 N–H and O–H groups in total. The van der Waals surface area contributed by atoms with Gasteiger partial charge in [0.2, 0.25) is 0 Å². The van der Waals surface area contributed by atoms with Crippen molar-refractivity contribution < 1.29 is 14.3 Å². The summed E-state index contributed by atoms with van der Waals surface area (Å²) in [5.41, 5.74) is 2.13. The Morgan fingerprint density at radius 2 is 1.77 bits per heavy atom. The Hall–Kier alpha value is -4.27. The number of hydrogen-bond acceptors (Lipinski definition) is 6. The van der Waals surface area contributed by atoms with Crippen LogP contribution < -0.4 is 10.9 Å². The largest absolute Gasteiger partial charge is 0.452 e. The third-order valence-electron chi connectivity index (χ3n) is 4.87. The van der Waals surface area contributed by atoms with Gasteiger partial charge in [-0.2, -0.15) is 0 Å². The van der Waals surface area contributed by atoms with Crippen molar-refractivity contribution in [3.8, 4) is 5.69 Å². The maximum Gasteiger partial charge on any atom is 0.340 e. The van der Waals surface area contributed by atoms with E-state index in [-0.39, 0.29) is 16.8 Å². The molecule has 2 heterocycles. The zero-order valence-electron chi connectivity index (χ0n) is 16.9. The van der Waals surface area contributed by atoms with Gasteiger partial charge in [0.1, 0.15) is 11.2 Å². The number of para-hydroxylation sites is 2. The summed E-state index contributed by atoms with van der Waals surface area (Å²) in [4.78, 5) is 46.0. The van der Waals surface area contributed by atoms with Gasteiger partial charge in [-0.25, -0.2) is 9.48 Å². The molecular formula is C22H19N5O4. The highest BCUT2D eigenvalue weighted by Gasteiger charge is 2.19. The Labute approximate surface area is 176 Å². The van der Waals surface area contributed by atoms with E-state index in [0.29, 0.717) is 22.4 Å². The molecule has 156 valence electrons. The fourth-order valence-electron chi connectivity index (χ4n) is 3.25. The number of ether oxygens (including phenoxy) is 1. The average Bonchev–Trinajstić information content (AvgIpc) is 3.00. The van der Waals surface area contributed by atoms with E-state index >= 15 is 0 Å². The van der Waals surface area contributed by atoms with Crippen molar-refractivity contribution in [2.45, 2.75) is 6.92 Å². The Balaban J connectivity index is 1.50. The number of amides is 1. The maximum atomic E-state index is 12.9. The summed E-state index contributed by atoms with van der Waals surface area (Å²) < 4.78 is 8.23. The summed E-state index contributed by atoms with van der Waals surface area (Å²) >= 11 is 0. The molecule has 0 spiro atoms. The molecule has 9 heteroatoms. The van der Waals surface area contributed by atoms with Crippen LogP contribution in [0.1, 0.15) is 16.1 Å². The molecule has 4 aromatic rings. The first-order chi connectivity index (χ1) is 15.0. The number of hydrogen-bond donors (Lipinski definition) is 1. The first-order valence-electron chi connectivity index (χ1n) is 9.48. The third kappa shape index (κ3) is 3.80.